The first-order valence-electron chi connectivity index (χ1n) is 10.4. The van der Waals surface area contributed by atoms with Crippen LogP contribution in [0.5, 0.6) is 5.75 Å². The lowest BCUT2D eigenvalue weighted by atomic mass is 9.94. The molecule has 1 N–H and O–H groups in total. The van der Waals surface area contributed by atoms with E-state index >= 15 is 0 Å². The largest absolute Gasteiger partial charge is 0.484 e. The van der Waals surface area contributed by atoms with Gasteiger partial charge in [-0.3, -0.25) is 9.59 Å². The highest BCUT2D eigenvalue weighted by Crippen LogP contribution is 2.18. The van der Waals surface area contributed by atoms with Crippen molar-refractivity contribution in [1.29, 1.82) is 0 Å². The van der Waals surface area contributed by atoms with Gasteiger partial charge in [0.15, 0.2) is 6.61 Å². The minimum Gasteiger partial charge on any atom is -0.484 e. The summed E-state index contributed by atoms with van der Waals surface area (Å²) < 4.78 is 5.55. The maximum Gasteiger partial charge on any atom is 0.260 e. The molecule has 2 amide bonds. The number of hydrogen-bond acceptors (Lipinski definition) is 3. The molecule has 1 aliphatic heterocycles. The van der Waals surface area contributed by atoms with Crippen LogP contribution >= 0.6 is 0 Å². The fourth-order valence-electron chi connectivity index (χ4n) is 3.63. The van der Waals surface area contributed by atoms with Gasteiger partial charge in [-0.05, 0) is 43.7 Å². The third-order valence-corrected chi connectivity index (χ3v) is 5.28. The van der Waals surface area contributed by atoms with E-state index in [9.17, 15) is 9.59 Å². The normalized spacial score (nSPS) is 15.0. The Labute approximate surface area is 163 Å². The van der Waals surface area contributed by atoms with Gasteiger partial charge in [0.05, 0.1) is 0 Å². The van der Waals surface area contributed by atoms with Crippen LogP contribution in [0.15, 0.2) is 30.3 Å². The number of ether oxygens (including phenoxy) is 1. The van der Waals surface area contributed by atoms with E-state index in [1.165, 1.54) is 0 Å². The van der Waals surface area contributed by atoms with E-state index in [1.807, 2.05) is 35.2 Å². The first kappa shape index (κ1) is 21.3. The Kier molecular flexibility index (Phi) is 9.16. The van der Waals surface area contributed by atoms with Crippen molar-refractivity contribution in [3.63, 3.8) is 0 Å². The summed E-state index contributed by atoms with van der Waals surface area (Å²) in [4.78, 5) is 26.5. The zero-order chi connectivity index (χ0) is 19.5. The minimum absolute atomic E-state index is 0.0345. The molecule has 5 nitrogen and oxygen atoms in total. The summed E-state index contributed by atoms with van der Waals surface area (Å²) in [6.45, 7) is 6.55. The van der Waals surface area contributed by atoms with Gasteiger partial charge in [0.1, 0.15) is 5.75 Å². The summed E-state index contributed by atoms with van der Waals surface area (Å²) in [5, 5.41) is 3.15. The van der Waals surface area contributed by atoms with Crippen LogP contribution in [0.3, 0.4) is 0 Å². The molecule has 1 aliphatic rings. The van der Waals surface area contributed by atoms with Gasteiger partial charge in [-0.15, -0.1) is 0 Å². The molecule has 1 aromatic rings. The highest BCUT2D eigenvalue weighted by atomic mass is 16.5. The molecule has 1 fully saturated rings. The number of piperidine rings is 1. The van der Waals surface area contributed by atoms with Gasteiger partial charge in [0, 0.05) is 25.6 Å². The molecule has 0 atom stereocenters. The maximum atomic E-state index is 12.4. The van der Waals surface area contributed by atoms with E-state index in [0.717, 1.165) is 63.9 Å². The monoisotopic (exact) mass is 374 g/mol. The summed E-state index contributed by atoms with van der Waals surface area (Å²) in [7, 11) is 0. The average Bonchev–Trinajstić information content (AvgIpc) is 2.71. The van der Waals surface area contributed by atoms with Crippen molar-refractivity contribution in [3.05, 3.63) is 30.3 Å². The first-order valence-corrected chi connectivity index (χ1v) is 10.4. The van der Waals surface area contributed by atoms with Gasteiger partial charge in [0.25, 0.3) is 5.91 Å². The van der Waals surface area contributed by atoms with E-state index in [4.69, 9.17) is 4.74 Å². The number of nitrogens with one attached hydrogen (secondary N) is 1. The lowest BCUT2D eigenvalue weighted by Crippen LogP contribution is -2.44. The van der Waals surface area contributed by atoms with Crippen LogP contribution in [0.2, 0.25) is 0 Å². The standard InChI is InChI=1S/C22H34N2O3/c1-3-8-19(9-4-2)22(26)23-16-18-12-14-24(15-13-18)21(25)17-27-20-10-6-5-7-11-20/h5-7,10-11,18-19H,3-4,8-9,12-17H2,1-2H3,(H,23,26). The fraction of sp³-hybridized carbons (Fsp3) is 0.636. The number of rotatable bonds is 10. The summed E-state index contributed by atoms with van der Waals surface area (Å²) in [5.41, 5.74) is 0. The molecule has 2 rings (SSSR count). The van der Waals surface area contributed by atoms with Crippen molar-refractivity contribution in [3.8, 4) is 5.75 Å². The molecule has 1 saturated heterocycles. The number of carbonyl (C=O) groups is 2. The Morgan fingerprint density at radius 3 is 2.33 bits per heavy atom. The summed E-state index contributed by atoms with van der Waals surface area (Å²) in [6, 6.07) is 9.42. The maximum absolute atomic E-state index is 12.4. The van der Waals surface area contributed by atoms with Crippen LogP contribution in [0.1, 0.15) is 52.4 Å². The summed E-state index contributed by atoms with van der Waals surface area (Å²) >= 11 is 0. The third kappa shape index (κ3) is 7.24. The van der Waals surface area contributed by atoms with E-state index in [0.29, 0.717) is 5.92 Å². The van der Waals surface area contributed by atoms with Crippen LogP contribution in [0.4, 0.5) is 0 Å². The van der Waals surface area contributed by atoms with Crippen molar-refractivity contribution in [1.82, 2.24) is 10.2 Å². The lowest BCUT2D eigenvalue weighted by molar-refractivity contribution is -0.135. The van der Waals surface area contributed by atoms with Crippen LogP contribution in [0.25, 0.3) is 0 Å². The zero-order valence-electron chi connectivity index (χ0n) is 16.8. The van der Waals surface area contributed by atoms with Crippen molar-refractivity contribution in [2.45, 2.75) is 52.4 Å². The quantitative estimate of drug-likeness (QED) is 0.680. The number of hydrogen-bond donors (Lipinski definition) is 1. The predicted octanol–water partition coefficient (Wildman–Crippen LogP) is 3.64. The van der Waals surface area contributed by atoms with E-state index in [1.54, 1.807) is 0 Å². The Bertz CT molecular complexity index is 562. The summed E-state index contributed by atoms with van der Waals surface area (Å²) in [5.74, 6) is 1.56. The number of para-hydroxylation sites is 1. The smallest absolute Gasteiger partial charge is 0.260 e. The van der Waals surface area contributed by atoms with Crippen molar-refractivity contribution in [2.75, 3.05) is 26.2 Å². The van der Waals surface area contributed by atoms with Crippen molar-refractivity contribution in [2.24, 2.45) is 11.8 Å². The first-order chi connectivity index (χ1) is 13.1. The van der Waals surface area contributed by atoms with Gasteiger partial charge in [-0.1, -0.05) is 44.9 Å². The molecule has 27 heavy (non-hydrogen) atoms. The van der Waals surface area contributed by atoms with Gasteiger partial charge < -0.3 is 15.0 Å². The van der Waals surface area contributed by atoms with E-state index in [2.05, 4.69) is 19.2 Å². The third-order valence-electron chi connectivity index (χ3n) is 5.28. The SMILES string of the molecule is CCCC(CCC)C(=O)NCC1CCN(C(=O)COc2ccccc2)CC1. The van der Waals surface area contributed by atoms with Gasteiger partial charge in [0.2, 0.25) is 5.91 Å². The molecule has 0 radical (unpaired) electrons. The van der Waals surface area contributed by atoms with Gasteiger partial charge >= 0.3 is 0 Å². The predicted molar refractivity (Wildman–Crippen MR) is 108 cm³/mol. The Hall–Kier alpha value is -2.04. The summed E-state index contributed by atoms with van der Waals surface area (Å²) in [6.07, 6.45) is 5.89. The molecule has 0 aliphatic carbocycles. The number of carbonyl (C=O) groups excluding carboxylic acids is 2. The second-order valence-corrected chi connectivity index (χ2v) is 7.45. The molecule has 150 valence electrons. The number of nitrogens with zero attached hydrogens (tertiary/aromatic N) is 1. The molecule has 1 aromatic carbocycles. The van der Waals surface area contributed by atoms with Crippen LogP contribution < -0.4 is 10.1 Å². The topological polar surface area (TPSA) is 58.6 Å². The highest BCUT2D eigenvalue weighted by Gasteiger charge is 2.24. The number of benzene rings is 1. The van der Waals surface area contributed by atoms with Crippen LogP contribution in [-0.2, 0) is 9.59 Å². The van der Waals surface area contributed by atoms with Crippen LogP contribution in [0, 0.1) is 11.8 Å². The van der Waals surface area contributed by atoms with E-state index < -0.39 is 0 Å². The average molecular weight is 375 g/mol. The molecule has 1 heterocycles. The van der Waals surface area contributed by atoms with Gasteiger partial charge in [-0.2, -0.15) is 0 Å². The molecular formula is C22H34N2O3. The Morgan fingerprint density at radius 2 is 1.74 bits per heavy atom. The van der Waals surface area contributed by atoms with E-state index in [-0.39, 0.29) is 24.3 Å². The molecule has 0 unspecified atom stereocenters. The molecule has 0 bridgehead atoms. The molecule has 0 aromatic heterocycles. The fourth-order valence-corrected chi connectivity index (χ4v) is 3.63. The van der Waals surface area contributed by atoms with Crippen LogP contribution in [-0.4, -0.2) is 43.0 Å². The molecule has 5 heteroatoms. The second kappa shape index (κ2) is 11.6. The second-order valence-electron chi connectivity index (χ2n) is 7.45. The molecular weight excluding hydrogens is 340 g/mol. The zero-order valence-corrected chi connectivity index (χ0v) is 16.8. The van der Waals surface area contributed by atoms with Crippen molar-refractivity contribution < 1.29 is 14.3 Å². The number of likely N-dealkylation sites (tertiary alicyclic amines) is 1. The molecule has 0 saturated carbocycles. The Morgan fingerprint density at radius 1 is 1.11 bits per heavy atom. The van der Waals surface area contributed by atoms with Crippen molar-refractivity contribution >= 4 is 11.8 Å². The van der Waals surface area contributed by atoms with Gasteiger partial charge in [-0.25, -0.2) is 0 Å². The Balaban J connectivity index is 1.67. The highest BCUT2D eigenvalue weighted by molar-refractivity contribution is 5.78. The number of amides is 2. The minimum atomic E-state index is 0.0345. The molecule has 0 spiro atoms. The lowest BCUT2D eigenvalue weighted by Gasteiger charge is -2.32.